The number of aromatic nitrogens is 2. The fraction of sp³-hybridized carbons (Fsp3) is 0.294. The van der Waals surface area contributed by atoms with Gasteiger partial charge in [-0.3, -0.25) is 0 Å². The maximum atomic E-state index is 13.2. The lowest BCUT2D eigenvalue weighted by Gasteiger charge is -2.10. The van der Waals surface area contributed by atoms with Gasteiger partial charge in [0.1, 0.15) is 17.8 Å². The summed E-state index contributed by atoms with van der Waals surface area (Å²) in [6.45, 7) is 3.96. The van der Waals surface area contributed by atoms with Crippen LogP contribution < -0.4 is 10.6 Å². The Morgan fingerprint density at radius 2 is 2.25 bits per heavy atom. The predicted molar refractivity (Wildman–Crippen MR) is 91.3 cm³/mol. The molecule has 0 aliphatic rings. The number of halogens is 1. The van der Waals surface area contributed by atoms with Gasteiger partial charge in [-0.2, -0.15) is 0 Å². The number of hydrogen-bond acceptors (Lipinski definition) is 3. The molecule has 0 aliphatic carbocycles. The van der Waals surface area contributed by atoms with Crippen LogP contribution in [0.3, 0.4) is 0 Å². The van der Waals surface area contributed by atoms with Crippen LogP contribution in [0.1, 0.15) is 18.2 Å². The molecule has 2 heterocycles. The van der Waals surface area contributed by atoms with Crippen molar-refractivity contribution in [3.05, 3.63) is 53.8 Å². The molecule has 0 amide bonds. The molecule has 1 aromatic carbocycles. The van der Waals surface area contributed by atoms with E-state index in [9.17, 15) is 4.39 Å². The third kappa shape index (κ3) is 3.92. The van der Waals surface area contributed by atoms with Crippen LogP contribution in [0.2, 0.25) is 0 Å². The number of benzene rings is 1. The van der Waals surface area contributed by atoms with E-state index in [1.54, 1.807) is 12.1 Å². The minimum absolute atomic E-state index is 0.233. The van der Waals surface area contributed by atoms with Crippen molar-refractivity contribution in [1.82, 2.24) is 20.8 Å². The first-order chi connectivity index (χ1) is 11.8. The molecule has 0 aliphatic heterocycles. The molecule has 126 valence electrons. The maximum absolute atomic E-state index is 13.2. The molecule has 24 heavy (non-hydrogen) atoms. The van der Waals surface area contributed by atoms with E-state index in [0.29, 0.717) is 6.54 Å². The van der Waals surface area contributed by atoms with Crippen LogP contribution in [0.25, 0.3) is 10.9 Å². The standard InChI is InChI=1S/C17H20FN5O/c1-2-19-17(22-11-14-6-8-24-23-14)20-7-5-12-10-21-16-9-13(18)3-4-15(12)16/h3-4,6,8-10,21H,2,5,7,11H2,1H3,(H2,19,20,22). The number of aliphatic imine (C=N–C) groups is 1. The Kier molecular flexibility index (Phi) is 5.10. The molecule has 0 atom stereocenters. The van der Waals surface area contributed by atoms with Gasteiger partial charge in [-0.15, -0.1) is 0 Å². The first-order valence-electron chi connectivity index (χ1n) is 7.93. The SMILES string of the molecule is CCNC(=NCc1ccon1)NCCc1c[nH]c2cc(F)ccc12. The Morgan fingerprint density at radius 1 is 1.33 bits per heavy atom. The first-order valence-corrected chi connectivity index (χ1v) is 7.93. The number of guanidine groups is 1. The van der Waals surface area contributed by atoms with Gasteiger partial charge in [0.05, 0.1) is 6.54 Å². The van der Waals surface area contributed by atoms with Crippen LogP contribution in [0.15, 0.2) is 46.2 Å². The van der Waals surface area contributed by atoms with Crippen molar-refractivity contribution in [1.29, 1.82) is 0 Å². The summed E-state index contributed by atoms with van der Waals surface area (Å²) >= 11 is 0. The van der Waals surface area contributed by atoms with Crippen molar-refractivity contribution >= 4 is 16.9 Å². The molecule has 3 rings (SSSR count). The van der Waals surface area contributed by atoms with Crippen molar-refractivity contribution in [2.45, 2.75) is 19.9 Å². The van der Waals surface area contributed by atoms with Gasteiger partial charge in [0.15, 0.2) is 5.96 Å². The third-order valence-electron chi connectivity index (χ3n) is 3.65. The van der Waals surface area contributed by atoms with E-state index in [1.165, 1.54) is 18.4 Å². The summed E-state index contributed by atoms with van der Waals surface area (Å²) < 4.78 is 18.0. The van der Waals surface area contributed by atoms with Crippen LogP contribution in [0.5, 0.6) is 0 Å². The summed E-state index contributed by atoms with van der Waals surface area (Å²) in [4.78, 5) is 7.57. The summed E-state index contributed by atoms with van der Waals surface area (Å²) in [5, 5.41) is 11.4. The molecule has 7 heteroatoms. The molecular weight excluding hydrogens is 309 g/mol. The molecule has 3 N–H and O–H groups in total. The molecule has 0 unspecified atom stereocenters. The highest BCUT2D eigenvalue weighted by atomic mass is 19.1. The Bertz CT molecular complexity index is 810. The molecule has 6 nitrogen and oxygen atoms in total. The first kappa shape index (κ1) is 16.0. The van der Waals surface area contributed by atoms with Gasteiger partial charge in [0.2, 0.25) is 0 Å². The highest BCUT2D eigenvalue weighted by Crippen LogP contribution is 2.19. The van der Waals surface area contributed by atoms with E-state index < -0.39 is 0 Å². The van der Waals surface area contributed by atoms with Crippen molar-refractivity contribution in [3.63, 3.8) is 0 Å². The molecule has 0 fully saturated rings. The monoisotopic (exact) mass is 329 g/mol. The summed E-state index contributed by atoms with van der Waals surface area (Å²) in [7, 11) is 0. The van der Waals surface area contributed by atoms with Crippen LogP contribution >= 0.6 is 0 Å². The molecule has 0 saturated carbocycles. The fourth-order valence-corrected chi connectivity index (χ4v) is 2.50. The number of H-pyrrole nitrogens is 1. The van der Waals surface area contributed by atoms with E-state index in [-0.39, 0.29) is 5.82 Å². The van der Waals surface area contributed by atoms with E-state index in [0.717, 1.165) is 47.6 Å². The zero-order valence-corrected chi connectivity index (χ0v) is 13.5. The van der Waals surface area contributed by atoms with E-state index in [4.69, 9.17) is 4.52 Å². The highest BCUT2D eigenvalue weighted by Gasteiger charge is 2.05. The van der Waals surface area contributed by atoms with Crippen molar-refractivity contribution in [2.24, 2.45) is 4.99 Å². The smallest absolute Gasteiger partial charge is 0.191 e. The second kappa shape index (κ2) is 7.63. The van der Waals surface area contributed by atoms with E-state index in [2.05, 4.69) is 25.8 Å². The Balaban J connectivity index is 1.59. The second-order valence-electron chi connectivity index (χ2n) is 5.37. The summed E-state index contributed by atoms with van der Waals surface area (Å²) in [6.07, 6.45) is 4.26. The van der Waals surface area contributed by atoms with Crippen LogP contribution in [0.4, 0.5) is 4.39 Å². The quantitative estimate of drug-likeness (QED) is 0.480. The van der Waals surface area contributed by atoms with E-state index >= 15 is 0 Å². The Hall–Kier alpha value is -2.83. The number of aromatic amines is 1. The molecule has 0 radical (unpaired) electrons. The van der Waals surface area contributed by atoms with Crippen molar-refractivity contribution in [3.8, 4) is 0 Å². The summed E-state index contributed by atoms with van der Waals surface area (Å²) in [5.74, 6) is 0.495. The lowest BCUT2D eigenvalue weighted by atomic mass is 10.1. The average molecular weight is 329 g/mol. The lowest BCUT2D eigenvalue weighted by molar-refractivity contribution is 0.412. The number of nitrogens with one attached hydrogen (secondary N) is 3. The number of fused-ring (bicyclic) bond motifs is 1. The zero-order chi connectivity index (χ0) is 16.8. The van der Waals surface area contributed by atoms with Gasteiger partial charge in [-0.05, 0) is 37.1 Å². The maximum Gasteiger partial charge on any atom is 0.191 e. The average Bonchev–Trinajstić information content (AvgIpc) is 3.22. The molecule has 3 aromatic rings. The lowest BCUT2D eigenvalue weighted by Crippen LogP contribution is -2.38. The van der Waals surface area contributed by atoms with Gasteiger partial charge in [0.25, 0.3) is 0 Å². The molecule has 2 aromatic heterocycles. The molecular formula is C17H20FN5O. The van der Waals surface area contributed by atoms with Crippen LogP contribution in [-0.4, -0.2) is 29.2 Å². The molecule has 0 bridgehead atoms. The number of rotatable bonds is 6. The molecule has 0 spiro atoms. The molecule has 0 saturated heterocycles. The zero-order valence-electron chi connectivity index (χ0n) is 13.5. The van der Waals surface area contributed by atoms with Crippen LogP contribution in [-0.2, 0) is 13.0 Å². The minimum Gasteiger partial charge on any atom is -0.364 e. The fourth-order valence-electron chi connectivity index (χ4n) is 2.50. The van der Waals surface area contributed by atoms with Gasteiger partial charge in [-0.1, -0.05) is 5.16 Å². The summed E-state index contributed by atoms with van der Waals surface area (Å²) in [6, 6.07) is 6.59. The van der Waals surface area contributed by atoms with Crippen molar-refractivity contribution < 1.29 is 8.91 Å². The Morgan fingerprint density at radius 3 is 3.04 bits per heavy atom. The van der Waals surface area contributed by atoms with E-state index in [1.807, 2.05) is 13.1 Å². The second-order valence-corrected chi connectivity index (χ2v) is 5.37. The van der Waals surface area contributed by atoms with Crippen molar-refractivity contribution in [2.75, 3.05) is 13.1 Å². The van der Waals surface area contributed by atoms with Gasteiger partial charge >= 0.3 is 0 Å². The van der Waals surface area contributed by atoms with Crippen LogP contribution in [0, 0.1) is 5.82 Å². The Labute approximate surface area is 139 Å². The minimum atomic E-state index is -0.233. The van der Waals surface area contributed by atoms with Gasteiger partial charge in [-0.25, -0.2) is 9.38 Å². The number of hydrogen-bond donors (Lipinski definition) is 3. The highest BCUT2D eigenvalue weighted by molar-refractivity contribution is 5.83. The summed E-state index contributed by atoms with van der Waals surface area (Å²) in [5.41, 5.74) is 2.74. The van der Waals surface area contributed by atoms with Gasteiger partial charge in [0, 0.05) is 36.3 Å². The number of nitrogens with zero attached hydrogens (tertiary/aromatic N) is 2. The largest absolute Gasteiger partial charge is 0.364 e. The third-order valence-corrected chi connectivity index (χ3v) is 3.65. The predicted octanol–water partition coefficient (Wildman–Crippen LogP) is 2.59. The normalized spacial score (nSPS) is 11.8. The topological polar surface area (TPSA) is 78.2 Å². The van der Waals surface area contributed by atoms with Gasteiger partial charge < -0.3 is 20.1 Å².